The van der Waals surface area contributed by atoms with E-state index < -0.39 is 6.04 Å². The highest BCUT2D eigenvalue weighted by molar-refractivity contribution is 6.01. The van der Waals surface area contributed by atoms with Gasteiger partial charge in [0.15, 0.2) is 0 Å². The van der Waals surface area contributed by atoms with Crippen LogP contribution in [0.1, 0.15) is 24.2 Å². The van der Waals surface area contributed by atoms with Gasteiger partial charge in [-0.1, -0.05) is 0 Å². The Hall–Kier alpha value is -2.64. The Bertz CT molecular complexity index is 687. The molecule has 0 aliphatic carbocycles. The normalized spacial score (nSPS) is 12.0. The Kier molecular flexibility index (Phi) is 4.59. The molecular formula is C14H20N6O2. The lowest BCUT2D eigenvalue weighted by atomic mass is 10.1. The van der Waals surface area contributed by atoms with Crippen LogP contribution >= 0.6 is 0 Å². The number of carbonyl (C=O) groups excluding carboxylic acids is 2. The molecule has 0 spiro atoms. The van der Waals surface area contributed by atoms with Crippen LogP contribution in [0.25, 0.3) is 11.3 Å². The average Bonchev–Trinajstić information content (AvgIpc) is 3.12. The van der Waals surface area contributed by atoms with Gasteiger partial charge in [-0.2, -0.15) is 10.2 Å². The average molecular weight is 304 g/mol. The summed E-state index contributed by atoms with van der Waals surface area (Å²) in [6, 6.07) is -0.621. The van der Waals surface area contributed by atoms with E-state index in [9.17, 15) is 9.59 Å². The van der Waals surface area contributed by atoms with Gasteiger partial charge in [0, 0.05) is 38.6 Å². The van der Waals surface area contributed by atoms with Crippen molar-refractivity contribution in [2.45, 2.75) is 26.4 Å². The van der Waals surface area contributed by atoms with Crippen molar-refractivity contribution in [1.29, 1.82) is 0 Å². The summed E-state index contributed by atoms with van der Waals surface area (Å²) in [5.41, 5.74) is 1.72. The number of nitrogens with zero attached hydrogens (tertiary/aromatic N) is 4. The van der Waals surface area contributed by atoms with Crippen LogP contribution in [0, 0.1) is 0 Å². The fraction of sp³-hybridized carbons (Fsp3) is 0.429. The summed E-state index contributed by atoms with van der Waals surface area (Å²) in [5.74, 6) is -0.596. The SMILES string of the molecule is CCn1cc(-c2nn(C)cc2C(=O)N[C@@H](C)C(=O)NC)cn1. The van der Waals surface area contributed by atoms with Crippen molar-refractivity contribution in [1.82, 2.24) is 30.2 Å². The molecule has 0 fully saturated rings. The zero-order valence-corrected chi connectivity index (χ0v) is 13.1. The minimum absolute atomic E-state index is 0.252. The Labute approximate surface area is 128 Å². The predicted octanol–water partition coefficient (Wildman–Crippen LogP) is 0.168. The molecule has 2 heterocycles. The summed E-state index contributed by atoms with van der Waals surface area (Å²) in [4.78, 5) is 23.9. The summed E-state index contributed by atoms with van der Waals surface area (Å²) in [5, 5.41) is 13.7. The minimum Gasteiger partial charge on any atom is -0.357 e. The molecule has 0 radical (unpaired) electrons. The molecule has 2 aromatic heterocycles. The van der Waals surface area contributed by atoms with E-state index in [1.54, 1.807) is 35.7 Å². The molecule has 2 N–H and O–H groups in total. The third-order valence-corrected chi connectivity index (χ3v) is 3.29. The highest BCUT2D eigenvalue weighted by Gasteiger charge is 2.21. The number of hydrogen-bond donors (Lipinski definition) is 2. The quantitative estimate of drug-likeness (QED) is 0.823. The number of aryl methyl sites for hydroxylation is 2. The van der Waals surface area contributed by atoms with E-state index >= 15 is 0 Å². The number of carbonyl (C=O) groups is 2. The number of rotatable bonds is 5. The second-order valence-electron chi connectivity index (χ2n) is 4.96. The predicted molar refractivity (Wildman–Crippen MR) is 81.1 cm³/mol. The first-order valence-corrected chi connectivity index (χ1v) is 7.05. The van der Waals surface area contributed by atoms with Crippen LogP contribution in [0.15, 0.2) is 18.6 Å². The molecule has 2 amide bonds. The second kappa shape index (κ2) is 6.42. The van der Waals surface area contributed by atoms with Crippen LogP contribution in [0.4, 0.5) is 0 Å². The molecular weight excluding hydrogens is 284 g/mol. The first kappa shape index (κ1) is 15.7. The Morgan fingerprint density at radius 1 is 1.36 bits per heavy atom. The highest BCUT2D eigenvalue weighted by Crippen LogP contribution is 2.21. The third-order valence-electron chi connectivity index (χ3n) is 3.29. The molecule has 0 saturated heterocycles. The van der Waals surface area contributed by atoms with Crippen LogP contribution in [0.5, 0.6) is 0 Å². The molecule has 0 unspecified atom stereocenters. The Morgan fingerprint density at radius 2 is 2.09 bits per heavy atom. The third kappa shape index (κ3) is 3.16. The molecule has 22 heavy (non-hydrogen) atoms. The molecule has 0 aliphatic heterocycles. The fourth-order valence-corrected chi connectivity index (χ4v) is 2.08. The summed E-state index contributed by atoms with van der Waals surface area (Å²) in [6.07, 6.45) is 5.14. The van der Waals surface area contributed by atoms with E-state index in [1.807, 2.05) is 13.1 Å². The van der Waals surface area contributed by atoms with Gasteiger partial charge in [0.2, 0.25) is 5.91 Å². The van der Waals surface area contributed by atoms with Crippen molar-refractivity contribution in [2.75, 3.05) is 7.05 Å². The van der Waals surface area contributed by atoms with E-state index in [0.717, 1.165) is 12.1 Å². The number of nitrogens with one attached hydrogen (secondary N) is 2. The first-order chi connectivity index (χ1) is 10.5. The molecule has 0 aromatic carbocycles. The van der Waals surface area contributed by atoms with Crippen LogP contribution in [-0.2, 0) is 18.4 Å². The lowest BCUT2D eigenvalue weighted by Gasteiger charge is -2.11. The molecule has 8 heteroatoms. The van der Waals surface area contributed by atoms with Crippen LogP contribution in [-0.4, -0.2) is 44.5 Å². The van der Waals surface area contributed by atoms with Crippen LogP contribution < -0.4 is 10.6 Å². The second-order valence-corrected chi connectivity index (χ2v) is 4.96. The molecule has 118 valence electrons. The standard InChI is InChI=1S/C14H20N6O2/c1-5-20-7-10(6-16-20)12-11(8-19(4)18-12)14(22)17-9(2)13(21)15-3/h6-9H,5H2,1-4H3,(H,15,21)(H,17,22)/t9-/m0/s1. The zero-order valence-electron chi connectivity index (χ0n) is 13.1. The van der Waals surface area contributed by atoms with E-state index in [4.69, 9.17) is 0 Å². The van der Waals surface area contributed by atoms with Gasteiger partial charge in [0.25, 0.3) is 5.91 Å². The van der Waals surface area contributed by atoms with Gasteiger partial charge in [-0.3, -0.25) is 19.0 Å². The smallest absolute Gasteiger partial charge is 0.255 e. The Balaban J connectivity index is 2.28. The molecule has 2 rings (SSSR count). The van der Waals surface area contributed by atoms with Crippen molar-refractivity contribution in [3.63, 3.8) is 0 Å². The van der Waals surface area contributed by atoms with Gasteiger partial charge < -0.3 is 10.6 Å². The van der Waals surface area contributed by atoms with Gasteiger partial charge in [-0.15, -0.1) is 0 Å². The van der Waals surface area contributed by atoms with E-state index in [1.165, 1.54) is 7.05 Å². The first-order valence-electron chi connectivity index (χ1n) is 7.05. The lowest BCUT2D eigenvalue weighted by Crippen LogP contribution is -2.43. The maximum absolute atomic E-state index is 12.4. The molecule has 0 bridgehead atoms. The number of hydrogen-bond acceptors (Lipinski definition) is 4. The molecule has 1 atom stereocenters. The van der Waals surface area contributed by atoms with Gasteiger partial charge in [0.1, 0.15) is 11.7 Å². The molecule has 2 aromatic rings. The van der Waals surface area contributed by atoms with Crippen molar-refractivity contribution >= 4 is 11.8 Å². The number of aromatic nitrogens is 4. The topological polar surface area (TPSA) is 93.8 Å². The van der Waals surface area contributed by atoms with Crippen molar-refractivity contribution in [2.24, 2.45) is 7.05 Å². The summed E-state index contributed by atoms with van der Waals surface area (Å²) in [6.45, 7) is 4.35. The van der Waals surface area contributed by atoms with Crippen LogP contribution in [0.3, 0.4) is 0 Å². The Morgan fingerprint density at radius 3 is 2.68 bits per heavy atom. The monoisotopic (exact) mass is 304 g/mol. The lowest BCUT2D eigenvalue weighted by molar-refractivity contribution is -0.122. The number of likely N-dealkylation sites (N-methyl/N-ethyl adjacent to an activating group) is 1. The van der Waals surface area contributed by atoms with E-state index in [-0.39, 0.29) is 11.8 Å². The molecule has 0 saturated carbocycles. The van der Waals surface area contributed by atoms with Gasteiger partial charge in [0.05, 0.1) is 11.8 Å². The maximum atomic E-state index is 12.4. The van der Waals surface area contributed by atoms with Crippen molar-refractivity contribution in [3.8, 4) is 11.3 Å². The summed E-state index contributed by atoms with van der Waals surface area (Å²) < 4.78 is 3.33. The largest absolute Gasteiger partial charge is 0.357 e. The van der Waals surface area contributed by atoms with Gasteiger partial charge >= 0.3 is 0 Å². The van der Waals surface area contributed by atoms with Crippen molar-refractivity contribution in [3.05, 3.63) is 24.2 Å². The van der Waals surface area contributed by atoms with E-state index in [2.05, 4.69) is 20.8 Å². The van der Waals surface area contributed by atoms with Crippen LogP contribution in [0.2, 0.25) is 0 Å². The van der Waals surface area contributed by atoms with Gasteiger partial charge in [-0.05, 0) is 13.8 Å². The molecule has 0 aliphatic rings. The zero-order chi connectivity index (χ0) is 16.3. The summed E-state index contributed by atoms with van der Waals surface area (Å²) in [7, 11) is 3.27. The van der Waals surface area contributed by atoms with E-state index in [0.29, 0.717) is 11.3 Å². The maximum Gasteiger partial charge on any atom is 0.255 e. The fourth-order valence-electron chi connectivity index (χ4n) is 2.08. The number of amides is 2. The highest BCUT2D eigenvalue weighted by atomic mass is 16.2. The molecule has 8 nitrogen and oxygen atoms in total. The van der Waals surface area contributed by atoms with Gasteiger partial charge in [-0.25, -0.2) is 0 Å². The van der Waals surface area contributed by atoms with Crippen molar-refractivity contribution < 1.29 is 9.59 Å². The summed E-state index contributed by atoms with van der Waals surface area (Å²) >= 11 is 0. The minimum atomic E-state index is -0.621.